The van der Waals surface area contributed by atoms with Crippen molar-refractivity contribution in [1.29, 1.82) is 0 Å². The van der Waals surface area contributed by atoms with E-state index in [1.54, 1.807) is 12.1 Å². The Morgan fingerprint density at radius 3 is 2.48 bits per heavy atom. The van der Waals surface area contributed by atoms with Gasteiger partial charge in [-0.3, -0.25) is 9.59 Å². The van der Waals surface area contributed by atoms with Crippen molar-refractivity contribution >= 4 is 27.6 Å². The summed E-state index contributed by atoms with van der Waals surface area (Å²) in [7, 11) is -3.90. The highest BCUT2D eigenvalue weighted by Gasteiger charge is 2.18. The van der Waals surface area contributed by atoms with E-state index in [-0.39, 0.29) is 22.8 Å². The number of halogens is 1. The van der Waals surface area contributed by atoms with Crippen molar-refractivity contribution in [2.24, 2.45) is 5.14 Å². The Balaban J connectivity index is 1.87. The van der Waals surface area contributed by atoms with Crippen molar-refractivity contribution in [3.8, 4) is 0 Å². The first-order valence-electron chi connectivity index (χ1n) is 8.03. The van der Waals surface area contributed by atoms with Gasteiger partial charge < -0.3 is 10.1 Å². The molecule has 0 unspecified atom stereocenters. The number of benzene rings is 2. The fraction of sp³-hybridized carbons (Fsp3) is 0.222. The second-order valence-electron chi connectivity index (χ2n) is 5.82. The first kappa shape index (κ1) is 20.5. The number of nitrogens with one attached hydrogen (secondary N) is 1. The molecule has 144 valence electrons. The molecular formula is C18H19FN2O5S. The fourth-order valence-corrected chi connectivity index (χ4v) is 2.76. The molecule has 0 aliphatic carbocycles. The second kappa shape index (κ2) is 8.74. The molecule has 0 aromatic heterocycles. The highest BCUT2D eigenvalue weighted by Crippen LogP contribution is 2.15. The number of hydrogen-bond donors (Lipinski definition) is 2. The van der Waals surface area contributed by atoms with E-state index >= 15 is 0 Å². The number of anilines is 1. The minimum absolute atomic E-state index is 0.0319. The Kier molecular flexibility index (Phi) is 6.65. The number of esters is 1. The minimum atomic E-state index is -3.90. The van der Waals surface area contributed by atoms with Crippen LogP contribution in [-0.4, -0.2) is 26.4 Å². The van der Waals surface area contributed by atoms with Gasteiger partial charge in [-0.25, -0.2) is 17.9 Å². The van der Waals surface area contributed by atoms with Gasteiger partial charge in [-0.05, 0) is 49.2 Å². The van der Waals surface area contributed by atoms with E-state index in [1.807, 2.05) is 0 Å². The van der Waals surface area contributed by atoms with Gasteiger partial charge in [0.05, 0.1) is 4.90 Å². The van der Waals surface area contributed by atoms with Gasteiger partial charge in [0.2, 0.25) is 10.0 Å². The number of carbonyl (C=O) groups is 2. The minimum Gasteiger partial charge on any atom is -0.453 e. The number of hydrogen-bond acceptors (Lipinski definition) is 5. The van der Waals surface area contributed by atoms with E-state index in [4.69, 9.17) is 9.88 Å². The van der Waals surface area contributed by atoms with Crippen LogP contribution >= 0.6 is 0 Å². The highest BCUT2D eigenvalue weighted by molar-refractivity contribution is 7.89. The van der Waals surface area contributed by atoms with Crippen molar-refractivity contribution in [1.82, 2.24) is 0 Å². The molecule has 0 aliphatic rings. The number of carbonyl (C=O) groups excluding carboxylic acids is 2. The molecule has 3 N–H and O–H groups in total. The Bertz CT molecular complexity index is 929. The Labute approximate surface area is 156 Å². The van der Waals surface area contributed by atoms with Gasteiger partial charge >= 0.3 is 5.97 Å². The number of rotatable bonds is 7. The zero-order valence-electron chi connectivity index (χ0n) is 14.5. The van der Waals surface area contributed by atoms with E-state index in [0.717, 1.165) is 5.56 Å². The van der Waals surface area contributed by atoms with Crippen molar-refractivity contribution in [3.05, 3.63) is 59.9 Å². The van der Waals surface area contributed by atoms with Crippen LogP contribution in [0.2, 0.25) is 0 Å². The maximum absolute atomic E-state index is 12.8. The monoisotopic (exact) mass is 394 g/mol. The molecule has 1 amide bonds. The number of amides is 1. The highest BCUT2D eigenvalue weighted by atomic mass is 32.2. The molecule has 0 saturated carbocycles. The van der Waals surface area contributed by atoms with Gasteiger partial charge in [0.1, 0.15) is 5.82 Å². The molecule has 0 saturated heterocycles. The molecule has 27 heavy (non-hydrogen) atoms. The third kappa shape index (κ3) is 6.46. The second-order valence-corrected chi connectivity index (χ2v) is 7.38. The van der Waals surface area contributed by atoms with Gasteiger partial charge in [0.25, 0.3) is 5.91 Å². The van der Waals surface area contributed by atoms with Crippen molar-refractivity contribution in [2.75, 3.05) is 5.32 Å². The molecule has 0 heterocycles. The maximum atomic E-state index is 12.8. The first-order chi connectivity index (χ1) is 12.6. The summed E-state index contributed by atoms with van der Waals surface area (Å²) in [6.45, 7) is 1.40. The summed E-state index contributed by atoms with van der Waals surface area (Å²) in [6.07, 6.45) is -0.697. The lowest BCUT2D eigenvalue weighted by molar-refractivity contribution is -0.153. The summed E-state index contributed by atoms with van der Waals surface area (Å²) in [5.74, 6) is -1.56. The standard InChI is InChI=1S/C18H19FN2O5S/c1-12(26-17(22)10-7-13-5-8-14(19)9-6-13)18(23)21-15-3-2-4-16(11-15)27(20,24)25/h2-6,8-9,11-12H,7,10H2,1H3,(H,21,23)(H2,20,24,25)/t12-/m0/s1. The van der Waals surface area contributed by atoms with Gasteiger partial charge in [-0.15, -0.1) is 0 Å². The molecular weight excluding hydrogens is 375 g/mol. The molecule has 0 spiro atoms. The van der Waals surface area contributed by atoms with E-state index in [9.17, 15) is 22.4 Å². The molecule has 0 fully saturated rings. The molecule has 0 bridgehead atoms. The van der Waals surface area contributed by atoms with E-state index in [1.165, 1.54) is 43.3 Å². The van der Waals surface area contributed by atoms with Crippen LogP contribution in [0.1, 0.15) is 18.9 Å². The molecule has 1 atom stereocenters. The van der Waals surface area contributed by atoms with E-state index < -0.39 is 28.0 Å². The molecule has 2 rings (SSSR count). The average molecular weight is 394 g/mol. The third-order valence-corrected chi connectivity index (χ3v) is 4.55. The maximum Gasteiger partial charge on any atom is 0.306 e. The number of ether oxygens (including phenoxy) is 1. The summed E-state index contributed by atoms with van der Waals surface area (Å²) < 4.78 is 40.6. The smallest absolute Gasteiger partial charge is 0.306 e. The van der Waals surface area contributed by atoms with E-state index in [2.05, 4.69) is 5.32 Å². The Morgan fingerprint density at radius 2 is 1.85 bits per heavy atom. The number of sulfonamides is 1. The van der Waals surface area contributed by atoms with Crippen LogP contribution in [0.5, 0.6) is 0 Å². The molecule has 2 aromatic rings. The van der Waals surface area contributed by atoms with Crippen LogP contribution in [0.4, 0.5) is 10.1 Å². The zero-order valence-corrected chi connectivity index (χ0v) is 15.3. The van der Waals surface area contributed by atoms with Gasteiger partial charge in [0.15, 0.2) is 6.10 Å². The molecule has 9 heteroatoms. The van der Waals surface area contributed by atoms with Crippen LogP contribution in [-0.2, 0) is 30.8 Å². The number of aryl methyl sites for hydroxylation is 1. The van der Waals surface area contributed by atoms with E-state index in [0.29, 0.717) is 6.42 Å². The summed E-state index contributed by atoms with van der Waals surface area (Å²) in [6, 6.07) is 11.1. The Hall–Kier alpha value is -2.78. The Morgan fingerprint density at radius 1 is 1.19 bits per heavy atom. The average Bonchev–Trinajstić information content (AvgIpc) is 2.60. The van der Waals surface area contributed by atoms with Crippen LogP contribution in [0.3, 0.4) is 0 Å². The lowest BCUT2D eigenvalue weighted by Gasteiger charge is -2.14. The van der Waals surface area contributed by atoms with Gasteiger partial charge in [-0.1, -0.05) is 18.2 Å². The van der Waals surface area contributed by atoms with Crippen molar-refractivity contribution in [2.45, 2.75) is 30.8 Å². The lowest BCUT2D eigenvalue weighted by Crippen LogP contribution is -2.30. The predicted octanol–water partition coefficient (Wildman–Crippen LogP) is 1.98. The van der Waals surface area contributed by atoms with Gasteiger partial charge in [0, 0.05) is 12.1 Å². The van der Waals surface area contributed by atoms with Gasteiger partial charge in [-0.2, -0.15) is 0 Å². The summed E-state index contributed by atoms with van der Waals surface area (Å²) in [5, 5.41) is 7.50. The summed E-state index contributed by atoms with van der Waals surface area (Å²) in [5.41, 5.74) is 0.978. The molecule has 0 radical (unpaired) electrons. The molecule has 0 aliphatic heterocycles. The SMILES string of the molecule is C[C@H](OC(=O)CCc1ccc(F)cc1)C(=O)Nc1cccc(S(N)(=O)=O)c1. The summed E-state index contributed by atoms with van der Waals surface area (Å²) >= 11 is 0. The third-order valence-electron chi connectivity index (χ3n) is 3.64. The summed E-state index contributed by atoms with van der Waals surface area (Å²) in [4.78, 5) is 23.8. The largest absolute Gasteiger partial charge is 0.453 e. The van der Waals surface area contributed by atoms with Crippen LogP contribution in [0.15, 0.2) is 53.4 Å². The first-order valence-corrected chi connectivity index (χ1v) is 9.57. The number of nitrogens with two attached hydrogens (primary N) is 1. The van der Waals surface area contributed by atoms with Crippen molar-refractivity contribution < 1.29 is 27.1 Å². The molecule has 7 nitrogen and oxygen atoms in total. The quantitative estimate of drug-likeness (QED) is 0.697. The van der Waals surface area contributed by atoms with Crippen molar-refractivity contribution in [3.63, 3.8) is 0 Å². The lowest BCUT2D eigenvalue weighted by atomic mass is 10.1. The normalized spacial score (nSPS) is 12.3. The predicted molar refractivity (Wildman–Crippen MR) is 96.7 cm³/mol. The molecule has 2 aromatic carbocycles. The number of primary sulfonamides is 1. The zero-order chi connectivity index (χ0) is 20.0. The van der Waals surface area contributed by atoms with Crippen LogP contribution in [0.25, 0.3) is 0 Å². The fourth-order valence-electron chi connectivity index (χ4n) is 2.20. The van der Waals surface area contributed by atoms with Crippen LogP contribution in [0, 0.1) is 5.82 Å². The van der Waals surface area contributed by atoms with Crippen LogP contribution < -0.4 is 10.5 Å². The topological polar surface area (TPSA) is 116 Å².